The van der Waals surface area contributed by atoms with Crippen molar-refractivity contribution in [3.05, 3.63) is 12.7 Å². The van der Waals surface area contributed by atoms with Gasteiger partial charge in [0.25, 0.3) is 0 Å². The monoisotopic (exact) mass is 390 g/mol. The molecule has 1 atom stereocenters. The van der Waals surface area contributed by atoms with Crippen molar-refractivity contribution in [1.82, 2.24) is 0 Å². The van der Waals surface area contributed by atoms with Crippen molar-refractivity contribution in [3.8, 4) is 23.7 Å². The Hall–Kier alpha value is -1.00. The number of unbranched alkanes of at least 4 members (excludes halogenated alkanes) is 6. The normalized spacial score (nSPS) is 12.5. The van der Waals surface area contributed by atoms with E-state index in [2.05, 4.69) is 64.1 Å². The minimum absolute atomic E-state index is 0.260. The van der Waals surface area contributed by atoms with E-state index in [0.29, 0.717) is 6.42 Å². The van der Waals surface area contributed by atoms with Crippen molar-refractivity contribution in [2.24, 2.45) is 0 Å². The molecule has 0 fully saturated rings. The smallest absolute Gasteiger partial charge is 0.191 e. The summed E-state index contributed by atoms with van der Waals surface area (Å²) in [5, 5.41) is 10.2. The van der Waals surface area contributed by atoms with E-state index in [1.807, 2.05) is 6.08 Å². The van der Waals surface area contributed by atoms with Crippen molar-refractivity contribution in [2.75, 3.05) is 6.61 Å². The summed E-state index contributed by atoms with van der Waals surface area (Å²) < 4.78 is 6.12. The Bertz CT molecular complexity index is 508. The lowest BCUT2D eigenvalue weighted by molar-refractivity contribution is 0.166. The average Bonchev–Trinajstić information content (AvgIpc) is 2.58. The van der Waals surface area contributed by atoms with Gasteiger partial charge in [-0.05, 0) is 55.7 Å². The van der Waals surface area contributed by atoms with E-state index in [1.54, 1.807) is 0 Å². The van der Waals surface area contributed by atoms with Crippen molar-refractivity contribution >= 4 is 8.32 Å². The van der Waals surface area contributed by atoms with Gasteiger partial charge in [-0.1, -0.05) is 64.4 Å². The molecule has 27 heavy (non-hydrogen) atoms. The first-order valence-electron chi connectivity index (χ1n) is 10.6. The van der Waals surface area contributed by atoms with Gasteiger partial charge in [0.05, 0.1) is 6.10 Å². The highest BCUT2D eigenvalue weighted by molar-refractivity contribution is 6.74. The molecule has 0 aliphatic rings. The number of hydrogen-bond acceptors (Lipinski definition) is 2. The van der Waals surface area contributed by atoms with E-state index in [4.69, 9.17) is 4.43 Å². The summed E-state index contributed by atoms with van der Waals surface area (Å²) in [6.07, 6.45) is 11.9. The molecule has 0 aromatic rings. The zero-order valence-corrected chi connectivity index (χ0v) is 19.5. The quantitative estimate of drug-likeness (QED) is 0.169. The minimum Gasteiger partial charge on any atom is -0.417 e. The average molecular weight is 391 g/mol. The lowest BCUT2D eigenvalue weighted by Crippen LogP contribution is -2.40. The third-order valence-corrected chi connectivity index (χ3v) is 9.78. The Balaban J connectivity index is 3.72. The molecule has 0 saturated carbocycles. The van der Waals surface area contributed by atoms with Crippen LogP contribution < -0.4 is 0 Å². The van der Waals surface area contributed by atoms with Crippen LogP contribution >= 0.6 is 0 Å². The van der Waals surface area contributed by atoms with Crippen molar-refractivity contribution in [2.45, 2.75) is 109 Å². The van der Waals surface area contributed by atoms with Crippen LogP contribution in [0.4, 0.5) is 0 Å². The molecule has 0 heterocycles. The van der Waals surface area contributed by atoms with Gasteiger partial charge in [0.1, 0.15) is 0 Å². The van der Waals surface area contributed by atoms with Crippen LogP contribution in [-0.4, -0.2) is 26.1 Å². The van der Waals surface area contributed by atoms with Gasteiger partial charge in [-0.3, -0.25) is 0 Å². The van der Waals surface area contributed by atoms with Crippen LogP contribution in [0.15, 0.2) is 12.7 Å². The van der Waals surface area contributed by atoms with E-state index >= 15 is 0 Å². The topological polar surface area (TPSA) is 29.5 Å². The van der Waals surface area contributed by atoms with Gasteiger partial charge in [0.15, 0.2) is 8.32 Å². The molecule has 0 saturated heterocycles. The van der Waals surface area contributed by atoms with Crippen LogP contribution in [0.2, 0.25) is 18.1 Å². The SMILES string of the molecule is C=CCCCCCCC[C@H](O)CC#CC#CCCCO[Si](C)(C)C(C)(C)C. The highest BCUT2D eigenvalue weighted by Gasteiger charge is 2.36. The maximum atomic E-state index is 9.93. The molecule has 0 radical (unpaired) electrons. The fraction of sp³-hybridized carbons (Fsp3) is 0.750. The molecule has 0 aromatic heterocycles. The lowest BCUT2D eigenvalue weighted by Gasteiger charge is -2.36. The predicted molar refractivity (Wildman–Crippen MR) is 121 cm³/mol. The summed E-state index contributed by atoms with van der Waals surface area (Å²) in [6, 6.07) is 0. The molecule has 0 aromatic carbocycles. The first kappa shape index (κ1) is 26.0. The predicted octanol–water partition coefficient (Wildman–Crippen LogP) is 6.46. The Kier molecular flexibility index (Phi) is 14.4. The van der Waals surface area contributed by atoms with Crippen molar-refractivity contribution in [1.29, 1.82) is 0 Å². The summed E-state index contributed by atoms with van der Waals surface area (Å²) in [4.78, 5) is 0. The van der Waals surface area contributed by atoms with Crippen LogP contribution in [0.1, 0.15) is 85.0 Å². The van der Waals surface area contributed by atoms with Crippen LogP contribution in [-0.2, 0) is 4.43 Å². The zero-order valence-electron chi connectivity index (χ0n) is 18.5. The molecule has 2 nitrogen and oxygen atoms in total. The van der Waals surface area contributed by atoms with Crippen molar-refractivity contribution < 1.29 is 9.53 Å². The van der Waals surface area contributed by atoms with E-state index in [0.717, 1.165) is 38.7 Å². The largest absolute Gasteiger partial charge is 0.417 e. The fourth-order valence-electron chi connectivity index (χ4n) is 2.33. The summed E-state index contributed by atoms with van der Waals surface area (Å²) in [7, 11) is -1.63. The molecule has 0 aliphatic heterocycles. The van der Waals surface area contributed by atoms with Gasteiger partial charge in [-0.15, -0.1) is 6.58 Å². The Labute approximate surface area is 170 Å². The molecule has 1 N–H and O–H groups in total. The van der Waals surface area contributed by atoms with E-state index in [9.17, 15) is 5.11 Å². The van der Waals surface area contributed by atoms with Gasteiger partial charge in [-0.25, -0.2) is 0 Å². The summed E-state index contributed by atoms with van der Waals surface area (Å²) in [5.41, 5.74) is 0. The highest BCUT2D eigenvalue weighted by atomic mass is 28.4. The second kappa shape index (κ2) is 15.0. The van der Waals surface area contributed by atoms with Crippen LogP contribution in [0.25, 0.3) is 0 Å². The Morgan fingerprint density at radius 2 is 1.63 bits per heavy atom. The van der Waals surface area contributed by atoms with E-state index in [1.165, 1.54) is 25.7 Å². The minimum atomic E-state index is -1.63. The van der Waals surface area contributed by atoms with E-state index < -0.39 is 8.32 Å². The lowest BCUT2D eigenvalue weighted by atomic mass is 10.1. The Morgan fingerprint density at radius 3 is 2.30 bits per heavy atom. The molecule has 0 aliphatic carbocycles. The molecule has 3 heteroatoms. The molecule has 0 unspecified atom stereocenters. The molecule has 0 bridgehead atoms. The number of aliphatic hydroxyl groups is 1. The highest BCUT2D eigenvalue weighted by Crippen LogP contribution is 2.36. The summed E-state index contributed by atoms with van der Waals surface area (Å²) >= 11 is 0. The molecule has 154 valence electrons. The fourth-order valence-corrected chi connectivity index (χ4v) is 3.41. The standard InChI is InChI=1S/C24H42O2Si/c1-7-8-9-10-11-14-17-20-23(25)21-18-15-12-13-16-19-22-26-27(5,6)24(2,3)4/h7,23,25H,1,8-11,14,16-17,19-22H2,2-6H3/t23-/m0/s1. The number of aliphatic hydroxyl groups excluding tert-OH is 1. The van der Waals surface area contributed by atoms with Gasteiger partial charge in [0, 0.05) is 19.4 Å². The number of rotatable bonds is 13. The van der Waals surface area contributed by atoms with E-state index in [-0.39, 0.29) is 11.1 Å². The second-order valence-electron chi connectivity index (χ2n) is 8.81. The maximum absolute atomic E-state index is 9.93. The molecule has 0 rings (SSSR count). The van der Waals surface area contributed by atoms with Gasteiger partial charge in [0.2, 0.25) is 0 Å². The molecule has 0 amide bonds. The summed E-state index contributed by atoms with van der Waals surface area (Å²) in [5.74, 6) is 11.8. The number of allylic oxidation sites excluding steroid dienone is 1. The van der Waals surface area contributed by atoms with Crippen molar-refractivity contribution in [3.63, 3.8) is 0 Å². The maximum Gasteiger partial charge on any atom is 0.191 e. The molecule has 0 spiro atoms. The first-order valence-corrected chi connectivity index (χ1v) is 13.5. The van der Waals surface area contributed by atoms with Crippen LogP contribution in [0, 0.1) is 23.7 Å². The second-order valence-corrected chi connectivity index (χ2v) is 13.6. The zero-order chi connectivity index (χ0) is 20.6. The van der Waals surface area contributed by atoms with Gasteiger partial charge in [-0.2, -0.15) is 0 Å². The third-order valence-electron chi connectivity index (χ3n) is 5.24. The molecular weight excluding hydrogens is 348 g/mol. The van der Waals surface area contributed by atoms with Gasteiger partial charge < -0.3 is 9.53 Å². The van der Waals surface area contributed by atoms with Crippen LogP contribution in [0.5, 0.6) is 0 Å². The summed E-state index contributed by atoms with van der Waals surface area (Å²) in [6.45, 7) is 15.8. The first-order chi connectivity index (χ1) is 12.7. The molecular formula is C24H42O2Si. The van der Waals surface area contributed by atoms with Crippen LogP contribution in [0.3, 0.4) is 0 Å². The number of hydrogen-bond donors (Lipinski definition) is 1. The Morgan fingerprint density at radius 1 is 1.00 bits per heavy atom. The third kappa shape index (κ3) is 14.7. The van der Waals surface area contributed by atoms with Gasteiger partial charge >= 0.3 is 0 Å².